The molecule has 1 aliphatic rings. The van der Waals surface area contributed by atoms with Crippen molar-refractivity contribution in [3.63, 3.8) is 0 Å². The van der Waals surface area contributed by atoms with Crippen LogP contribution in [0.4, 0.5) is 4.39 Å². The van der Waals surface area contributed by atoms with Gasteiger partial charge in [0.15, 0.2) is 0 Å². The van der Waals surface area contributed by atoms with Crippen molar-refractivity contribution >= 4 is 11.6 Å². The second-order valence-corrected chi connectivity index (χ2v) is 8.13. The largest absolute Gasteiger partial charge is 0.489 e. The highest BCUT2D eigenvalue weighted by atomic mass is 35.5. The summed E-state index contributed by atoms with van der Waals surface area (Å²) in [4.78, 5) is 0. The Bertz CT molecular complexity index is 1420. The van der Waals surface area contributed by atoms with Crippen LogP contribution in [-0.4, -0.2) is 10.2 Å². The van der Waals surface area contributed by atoms with Crippen LogP contribution in [0.5, 0.6) is 11.6 Å². The first-order chi connectivity index (χ1) is 16.5. The summed E-state index contributed by atoms with van der Waals surface area (Å²) in [6, 6.07) is 23.2. The molecule has 6 nitrogen and oxygen atoms in total. The van der Waals surface area contributed by atoms with E-state index in [4.69, 9.17) is 26.8 Å². The number of ether oxygens (including phenoxy) is 2. The zero-order chi connectivity index (χ0) is 23.7. The van der Waals surface area contributed by atoms with Gasteiger partial charge in [-0.05, 0) is 35.9 Å². The van der Waals surface area contributed by atoms with E-state index in [1.165, 1.54) is 6.07 Å². The number of nitrogens with one attached hydrogen (secondary N) is 1. The van der Waals surface area contributed by atoms with Crippen molar-refractivity contribution < 1.29 is 13.9 Å². The van der Waals surface area contributed by atoms with Crippen molar-refractivity contribution in [1.82, 2.24) is 10.2 Å². The number of halogens is 2. The third-order valence-electron chi connectivity index (χ3n) is 5.64. The molecule has 5 rings (SSSR count). The van der Waals surface area contributed by atoms with Crippen molar-refractivity contribution in [1.29, 1.82) is 5.26 Å². The van der Waals surface area contributed by atoms with Crippen LogP contribution < -0.4 is 15.2 Å². The highest BCUT2D eigenvalue weighted by Gasteiger charge is 2.35. The number of aromatic amines is 1. The summed E-state index contributed by atoms with van der Waals surface area (Å²) in [7, 11) is 0. The van der Waals surface area contributed by atoms with E-state index >= 15 is 0 Å². The van der Waals surface area contributed by atoms with E-state index in [0.29, 0.717) is 33.5 Å². The van der Waals surface area contributed by atoms with Crippen LogP contribution in [-0.2, 0) is 6.61 Å². The Kier molecular flexibility index (Phi) is 5.66. The summed E-state index contributed by atoms with van der Waals surface area (Å²) in [5, 5.41) is 17.8. The van der Waals surface area contributed by atoms with Crippen LogP contribution in [0, 0.1) is 17.1 Å². The molecular weight excluding hydrogens is 455 g/mol. The molecule has 1 aliphatic heterocycles. The first-order valence-electron chi connectivity index (χ1n) is 10.4. The van der Waals surface area contributed by atoms with Crippen molar-refractivity contribution in [2.75, 3.05) is 0 Å². The molecule has 168 valence electrons. The van der Waals surface area contributed by atoms with Gasteiger partial charge in [0.2, 0.25) is 11.8 Å². The summed E-state index contributed by atoms with van der Waals surface area (Å²) in [6.45, 7) is 0.103. The monoisotopic (exact) mass is 472 g/mol. The minimum absolute atomic E-state index is 0.00837. The van der Waals surface area contributed by atoms with Gasteiger partial charge in [0.1, 0.15) is 29.8 Å². The van der Waals surface area contributed by atoms with E-state index in [2.05, 4.69) is 16.3 Å². The van der Waals surface area contributed by atoms with E-state index in [0.717, 1.165) is 11.1 Å². The van der Waals surface area contributed by atoms with Crippen LogP contribution in [0.2, 0.25) is 5.02 Å². The molecule has 3 N–H and O–H groups in total. The van der Waals surface area contributed by atoms with Crippen molar-refractivity contribution in [3.05, 3.63) is 112 Å². The smallest absolute Gasteiger partial charge is 0.244 e. The van der Waals surface area contributed by atoms with Gasteiger partial charge in [-0.1, -0.05) is 54.1 Å². The number of rotatable bonds is 5. The van der Waals surface area contributed by atoms with Gasteiger partial charge in [0.05, 0.1) is 17.2 Å². The minimum Gasteiger partial charge on any atom is -0.489 e. The lowest BCUT2D eigenvalue weighted by Gasteiger charge is -2.24. The second-order valence-electron chi connectivity index (χ2n) is 7.70. The van der Waals surface area contributed by atoms with Gasteiger partial charge in [-0.3, -0.25) is 5.10 Å². The van der Waals surface area contributed by atoms with E-state index in [1.54, 1.807) is 42.5 Å². The lowest BCUT2D eigenvalue weighted by atomic mass is 9.83. The fourth-order valence-corrected chi connectivity index (χ4v) is 4.07. The lowest BCUT2D eigenvalue weighted by molar-refractivity contribution is 0.300. The van der Waals surface area contributed by atoms with E-state index in [-0.39, 0.29) is 23.9 Å². The molecule has 0 unspecified atom stereocenters. The maximum Gasteiger partial charge on any atom is 0.244 e. The Morgan fingerprint density at radius 2 is 1.82 bits per heavy atom. The molecule has 0 saturated carbocycles. The summed E-state index contributed by atoms with van der Waals surface area (Å²) >= 11 is 6.04. The van der Waals surface area contributed by atoms with Gasteiger partial charge in [-0.15, -0.1) is 5.10 Å². The van der Waals surface area contributed by atoms with Crippen LogP contribution >= 0.6 is 11.6 Å². The molecule has 0 bridgehead atoms. The number of nitriles is 1. The third-order valence-corrected chi connectivity index (χ3v) is 5.89. The Morgan fingerprint density at radius 1 is 1.09 bits per heavy atom. The molecule has 1 atom stereocenters. The molecule has 0 fully saturated rings. The predicted octanol–water partition coefficient (Wildman–Crippen LogP) is 5.67. The van der Waals surface area contributed by atoms with E-state index in [9.17, 15) is 9.65 Å². The Balaban J connectivity index is 1.49. The van der Waals surface area contributed by atoms with Gasteiger partial charge >= 0.3 is 0 Å². The fourth-order valence-electron chi connectivity index (χ4n) is 3.95. The molecule has 1 aromatic heterocycles. The molecule has 3 aromatic carbocycles. The zero-order valence-corrected chi connectivity index (χ0v) is 18.5. The minimum atomic E-state index is -0.501. The number of fused-ring (bicyclic) bond motifs is 1. The van der Waals surface area contributed by atoms with Crippen LogP contribution in [0.1, 0.15) is 22.6 Å². The number of nitrogens with two attached hydrogens (primary N) is 1. The molecule has 8 heteroatoms. The first-order valence-corrected chi connectivity index (χ1v) is 10.8. The summed E-state index contributed by atoms with van der Waals surface area (Å²) in [5.41, 5.74) is 9.86. The Morgan fingerprint density at radius 3 is 2.53 bits per heavy atom. The molecule has 0 spiro atoms. The van der Waals surface area contributed by atoms with E-state index < -0.39 is 5.92 Å². The number of nitrogens with zero attached hydrogens (tertiary/aromatic N) is 2. The van der Waals surface area contributed by atoms with E-state index in [1.807, 2.05) is 24.3 Å². The molecule has 4 aromatic rings. The van der Waals surface area contributed by atoms with Gasteiger partial charge in [-0.25, -0.2) is 4.39 Å². The SMILES string of the molecule is N#CC1=C(N)Oc2n[nH]c(-c3ccc(Cl)cc3)c2[C@@H]1c1ccc(OCc2ccccc2F)cc1. The number of aromatic nitrogens is 2. The average molecular weight is 473 g/mol. The fraction of sp³-hybridized carbons (Fsp3) is 0.0769. The molecule has 2 heterocycles. The summed E-state index contributed by atoms with van der Waals surface area (Å²) in [5.74, 6) is 0.0711. The molecule has 0 saturated heterocycles. The maximum atomic E-state index is 13.9. The highest BCUT2D eigenvalue weighted by Crippen LogP contribution is 2.45. The number of hydrogen-bond acceptors (Lipinski definition) is 5. The zero-order valence-electron chi connectivity index (χ0n) is 17.8. The number of H-pyrrole nitrogens is 1. The molecule has 0 amide bonds. The number of benzene rings is 3. The van der Waals surface area contributed by atoms with Gasteiger partial charge in [0.25, 0.3) is 0 Å². The van der Waals surface area contributed by atoms with Crippen LogP contribution in [0.25, 0.3) is 11.3 Å². The number of hydrogen-bond donors (Lipinski definition) is 2. The normalized spacial score (nSPS) is 14.8. The third kappa shape index (κ3) is 3.96. The first kappa shape index (κ1) is 21.6. The van der Waals surface area contributed by atoms with Crippen molar-refractivity contribution in [2.45, 2.75) is 12.5 Å². The average Bonchev–Trinajstić information content (AvgIpc) is 3.27. The number of allylic oxidation sites excluding steroid dienone is 1. The van der Waals surface area contributed by atoms with Crippen molar-refractivity contribution in [2.24, 2.45) is 5.73 Å². The second kappa shape index (κ2) is 8.93. The van der Waals surface area contributed by atoms with Crippen LogP contribution in [0.15, 0.2) is 84.3 Å². The van der Waals surface area contributed by atoms with Crippen LogP contribution in [0.3, 0.4) is 0 Å². The lowest BCUT2D eigenvalue weighted by Crippen LogP contribution is -2.21. The summed E-state index contributed by atoms with van der Waals surface area (Å²) < 4.78 is 25.3. The van der Waals surface area contributed by atoms with Gasteiger partial charge < -0.3 is 15.2 Å². The molecular formula is C26H18ClFN4O2. The van der Waals surface area contributed by atoms with Gasteiger partial charge in [0, 0.05) is 16.1 Å². The molecule has 0 radical (unpaired) electrons. The molecule has 34 heavy (non-hydrogen) atoms. The Labute approximate surface area is 200 Å². The maximum absolute atomic E-state index is 13.9. The highest BCUT2D eigenvalue weighted by molar-refractivity contribution is 6.30. The van der Waals surface area contributed by atoms with Crippen molar-refractivity contribution in [3.8, 4) is 29.0 Å². The molecule has 0 aliphatic carbocycles. The summed E-state index contributed by atoms with van der Waals surface area (Å²) in [6.07, 6.45) is 0. The Hall–Kier alpha value is -4.28. The predicted molar refractivity (Wildman–Crippen MR) is 126 cm³/mol. The quantitative estimate of drug-likeness (QED) is 0.390. The topological polar surface area (TPSA) is 97.0 Å². The van der Waals surface area contributed by atoms with Gasteiger partial charge in [-0.2, -0.15) is 5.26 Å². The standard InChI is InChI=1S/C26H18ClFN4O2/c27-18-9-5-16(6-10-18)24-23-22(20(13-29)25(30)34-26(23)32-31-24)15-7-11-19(12-8-15)33-14-17-3-1-2-4-21(17)28/h1-12,22H,14,30H2,(H,31,32)/t22-/m1/s1.